The van der Waals surface area contributed by atoms with Crippen molar-refractivity contribution in [3.05, 3.63) is 0 Å². The molecule has 2 fully saturated rings. The van der Waals surface area contributed by atoms with E-state index in [0.717, 1.165) is 19.4 Å². The fourth-order valence-electron chi connectivity index (χ4n) is 3.51. The predicted octanol–water partition coefficient (Wildman–Crippen LogP) is 2.78. The maximum atomic E-state index is 12.1. The number of hydrogen-bond acceptors (Lipinski definition) is 3. The van der Waals surface area contributed by atoms with E-state index in [1.54, 1.807) is 0 Å². The molecular formula is C16H31ClN2O2. The lowest BCUT2D eigenvalue weighted by atomic mass is 9.84. The zero-order chi connectivity index (χ0) is 14.2. The minimum Gasteiger partial charge on any atom is -0.378 e. The van der Waals surface area contributed by atoms with Gasteiger partial charge in [0, 0.05) is 25.6 Å². The highest BCUT2D eigenvalue weighted by atomic mass is 35.5. The molecule has 0 aromatic rings. The zero-order valence-electron chi connectivity index (χ0n) is 13.0. The van der Waals surface area contributed by atoms with E-state index in [1.165, 1.54) is 44.9 Å². The van der Waals surface area contributed by atoms with Crippen molar-refractivity contribution in [1.29, 1.82) is 0 Å². The smallest absolute Gasteiger partial charge is 0.220 e. The number of rotatable bonds is 6. The Balaban J connectivity index is 0.00000220. The van der Waals surface area contributed by atoms with Gasteiger partial charge in [0.15, 0.2) is 0 Å². The summed E-state index contributed by atoms with van der Waals surface area (Å²) in [6, 6.07) is 0.176. The summed E-state index contributed by atoms with van der Waals surface area (Å²) in [7, 11) is 0. The first-order valence-electron chi connectivity index (χ1n) is 8.40. The third kappa shape index (κ3) is 6.54. The van der Waals surface area contributed by atoms with Crippen LogP contribution in [0.15, 0.2) is 0 Å². The molecule has 0 aromatic carbocycles. The molecule has 2 aliphatic rings. The Labute approximate surface area is 135 Å². The molecule has 3 N–H and O–H groups in total. The number of carbonyl (C=O) groups excluding carboxylic acids is 1. The number of ether oxygens (including phenoxy) is 1. The molecule has 0 radical (unpaired) electrons. The Morgan fingerprint density at radius 1 is 1.14 bits per heavy atom. The van der Waals surface area contributed by atoms with Crippen molar-refractivity contribution in [3.63, 3.8) is 0 Å². The average molecular weight is 319 g/mol. The Bertz CT molecular complexity index is 290. The largest absolute Gasteiger partial charge is 0.378 e. The van der Waals surface area contributed by atoms with E-state index in [0.29, 0.717) is 25.0 Å². The molecule has 124 valence electrons. The Hall–Kier alpha value is -0.320. The van der Waals surface area contributed by atoms with Gasteiger partial charge in [0.05, 0.1) is 6.10 Å². The highest BCUT2D eigenvalue weighted by Gasteiger charge is 2.24. The van der Waals surface area contributed by atoms with E-state index >= 15 is 0 Å². The van der Waals surface area contributed by atoms with Crippen molar-refractivity contribution in [2.24, 2.45) is 11.7 Å². The second kappa shape index (κ2) is 10.4. The van der Waals surface area contributed by atoms with Crippen LogP contribution in [0.4, 0.5) is 0 Å². The fraction of sp³-hybridized carbons (Fsp3) is 0.938. The summed E-state index contributed by atoms with van der Waals surface area (Å²) < 4.78 is 5.67. The van der Waals surface area contributed by atoms with Crippen molar-refractivity contribution < 1.29 is 9.53 Å². The highest BCUT2D eigenvalue weighted by Crippen LogP contribution is 2.26. The number of halogens is 1. The van der Waals surface area contributed by atoms with Gasteiger partial charge in [-0.3, -0.25) is 4.79 Å². The summed E-state index contributed by atoms with van der Waals surface area (Å²) in [6.45, 7) is 1.43. The Morgan fingerprint density at radius 2 is 1.86 bits per heavy atom. The molecule has 2 rings (SSSR count). The first-order chi connectivity index (χ1) is 9.79. The molecule has 1 saturated heterocycles. The maximum Gasteiger partial charge on any atom is 0.220 e. The summed E-state index contributed by atoms with van der Waals surface area (Å²) >= 11 is 0. The standard InChI is InChI=1S/C16H30N2O2.ClH/c17-12-15(13-6-2-1-3-7-13)18-16(19)10-9-14-8-4-5-11-20-14;/h13-15H,1-12,17H2,(H,18,19);1H. The normalized spacial score (nSPS) is 24.9. The molecule has 1 heterocycles. The fourth-order valence-corrected chi connectivity index (χ4v) is 3.51. The minimum atomic E-state index is 0. The summed E-state index contributed by atoms with van der Waals surface area (Å²) in [5, 5.41) is 3.16. The van der Waals surface area contributed by atoms with Crippen LogP contribution in [0, 0.1) is 5.92 Å². The summed E-state index contributed by atoms with van der Waals surface area (Å²) in [6.07, 6.45) is 11.6. The van der Waals surface area contributed by atoms with Crippen molar-refractivity contribution in [3.8, 4) is 0 Å². The molecule has 0 bridgehead atoms. The number of nitrogens with one attached hydrogen (secondary N) is 1. The molecule has 2 atom stereocenters. The van der Waals surface area contributed by atoms with Crippen LogP contribution in [0.5, 0.6) is 0 Å². The number of nitrogens with two attached hydrogens (primary N) is 1. The predicted molar refractivity (Wildman–Crippen MR) is 87.6 cm³/mol. The molecule has 1 aliphatic carbocycles. The average Bonchev–Trinajstić information content (AvgIpc) is 2.52. The zero-order valence-corrected chi connectivity index (χ0v) is 13.8. The minimum absolute atomic E-state index is 0. The van der Waals surface area contributed by atoms with Crippen molar-refractivity contribution >= 4 is 18.3 Å². The van der Waals surface area contributed by atoms with Crippen LogP contribution in [0.25, 0.3) is 0 Å². The molecular weight excluding hydrogens is 288 g/mol. The van der Waals surface area contributed by atoms with Gasteiger partial charge in [0.25, 0.3) is 0 Å². The molecule has 0 spiro atoms. The summed E-state index contributed by atoms with van der Waals surface area (Å²) in [4.78, 5) is 12.1. The lowest BCUT2D eigenvalue weighted by molar-refractivity contribution is -0.123. The molecule has 0 aromatic heterocycles. The van der Waals surface area contributed by atoms with Gasteiger partial charge >= 0.3 is 0 Å². The van der Waals surface area contributed by atoms with Crippen LogP contribution < -0.4 is 11.1 Å². The third-order valence-electron chi connectivity index (χ3n) is 4.79. The molecule has 4 nitrogen and oxygen atoms in total. The molecule has 5 heteroatoms. The van der Waals surface area contributed by atoms with Crippen molar-refractivity contribution in [1.82, 2.24) is 5.32 Å². The number of hydrogen-bond donors (Lipinski definition) is 2. The molecule has 21 heavy (non-hydrogen) atoms. The number of carbonyl (C=O) groups is 1. The van der Waals surface area contributed by atoms with E-state index in [1.807, 2.05) is 0 Å². The van der Waals surface area contributed by atoms with Crippen LogP contribution in [0.3, 0.4) is 0 Å². The van der Waals surface area contributed by atoms with Gasteiger partial charge in [-0.05, 0) is 44.4 Å². The van der Waals surface area contributed by atoms with E-state index in [-0.39, 0.29) is 24.4 Å². The summed E-state index contributed by atoms with van der Waals surface area (Å²) in [5.41, 5.74) is 5.85. The van der Waals surface area contributed by atoms with Crippen LogP contribution in [0.1, 0.15) is 64.2 Å². The lowest BCUT2D eigenvalue weighted by Crippen LogP contribution is -2.46. The summed E-state index contributed by atoms with van der Waals surface area (Å²) in [5.74, 6) is 0.740. The molecule has 2 unspecified atom stereocenters. The van der Waals surface area contributed by atoms with Crippen molar-refractivity contribution in [2.45, 2.75) is 76.4 Å². The molecule has 1 amide bonds. The van der Waals surface area contributed by atoms with Gasteiger partial charge in [-0.1, -0.05) is 19.3 Å². The Kier molecular flexibility index (Phi) is 9.29. The van der Waals surface area contributed by atoms with E-state index in [2.05, 4.69) is 5.32 Å². The first-order valence-corrected chi connectivity index (χ1v) is 8.40. The van der Waals surface area contributed by atoms with Crippen LogP contribution in [-0.4, -0.2) is 31.2 Å². The Morgan fingerprint density at radius 3 is 2.48 bits per heavy atom. The van der Waals surface area contributed by atoms with Gasteiger partial charge in [-0.15, -0.1) is 12.4 Å². The molecule has 1 aliphatic heterocycles. The van der Waals surface area contributed by atoms with E-state index in [9.17, 15) is 4.79 Å². The maximum absolute atomic E-state index is 12.1. The second-order valence-corrected chi connectivity index (χ2v) is 6.34. The van der Waals surface area contributed by atoms with Gasteiger partial charge in [0.1, 0.15) is 0 Å². The monoisotopic (exact) mass is 318 g/mol. The quantitative estimate of drug-likeness (QED) is 0.791. The van der Waals surface area contributed by atoms with E-state index < -0.39 is 0 Å². The van der Waals surface area contributed by atoms with Gasteiger partial charge < -0.3 is 15.8 Å². The van der Waals surface area contributed by atoms with Crippen molar-refractivity contribution in [2.75, 3.05) is 13.2 Å². The second-order valence-electron chi connectivity index (χ2n) is 6.34. The van der Waals surface area contributed by atoms with Crippen LogP contribution >= 0.6 is 12.4 Å². The van der Waals surface area contributed by atoms with Crippen LogP contribution in [0.2, 0.25) is 0 Å². The molecule has 1 saturated carbocycles. The third-order valence-corrected chi connectivity index (χ3v) is 4.79. The highest BCUT2D eigenvalue weighted by molar-refractivity contribution is 5.85. The van der Waals surface area contributed by atoms with Gasteiger partial charge in [-0.2, -0.15) is 0 Å². The number of amides is 1. The SMILES string of the molecule is Cl.NCC(NC(=O)CCC1CCCCO1)C1CCCCC1. The lowest BCUT2D eigenvalue weighted by Gasteiger charge is -2.30. The topological polar surface area (TPSA) is 64.3 Å². The van der Waals surface area contributed by atoms with Crippen LogP contribution in [-0.2, 0) is 9.53 Å². The van der Waals surface area contributed by atoms with Gasteiger partial charge in [0.2, 0.25) is 5.91 Å². The first kappa shape index (κ1) is 18.7. The van der Waals surface area contributed by atoms with E-state index in [4.69, 9.17) is 10.5 Å². The van der Waals surface area contributed by atoms with Gasteiger partial charge in [-0.25, -0.2) is 0 Å².